The smallest absolute Gasteiger partial charge is 0.255 e. The molecule has 0 fully saturated rings. The molecule has 0 saturated carbocycles. The van der Waals surface area contributed by atoms with Crippen LogP contribution in [0.4, 0.5) is 0 Å². The topological polar surface area (TPSA) is 59.8 Å². The van der Waals surface area contributed by atoms with Gasteiger partial charge in [0.2, 0.25) is 0 Å². The third-order valence-corrected chi connectivity index (χ3v) is 5.07. The fourth-order valence-corrected chi connectivity index (χ4v) is 3.65. The Kier molecular flexibility index (Phi) is 4.52. The molecule has 4 rings (SSSR count). The Labute approximate surface area is 153 Å². The van der Waals surface area contributed by atoms with Crippen LogP contribution in [0.15, 0.2) is 48.9 Å². The molecule has 2 aromatic heterocycles. The number of carbonyl (C=O) groups is 1. The third-order valence-electron chi connectivity index (χ3n) is 5.07. The molecule has 0 spiro atoms. The van der Waals surface area contributed by atoms with Crippen LogP contribution in [-0.4, -0.2) is 20.7 Å². The minimum atomic E-state index is -0.0837. The van der Waals surface area contributed by atoms with E-state index in [1.165, 1.54) is 17.5 Å². The van der Waals surface area contributed by atoms with Crippen LogP contribution in [0.3, 0.4) is 0 Å². The summed E-state index contributed by atoms with van der Waals surface area (Å²) in [5.74, 6) is -0.0837. The molecule has 5 nitrogen and oxygen atoms in total. The van der Waals surface area contributed by atoms with E-state index < -0.39 is 0 Å². The summed E-state index contributed by atoms with van der Waals surface area (Å²) in [6, 6.07) is 10.1. The molecule has 0 unspecified atom stereocenters. The number of pyridine rings is 1. The van der Waals surface area contributed by atoms with Gasteiger partial charge in [-0.3, -0.25) is 14.5 Å². The number of amides is 1. The van der Waals surface area contributed by atoms with Crippen LogP contribution in [0.1, 0.15) is 44.7 Å². The van der Waals surface area contributed by atoms with E-state index in [0.717, 1.165) is 29.7 Å². The monoisotopic (exact) mass is 346 g/mol. The normalized spacial score (nSPS) is 12.8. The van der Waals surface area contributed by atoms with Gasteiger partial charge in [-0.05, 0) is 41.5 Å². The van der Waals surface area contributed by atoms with E-state index >= 15 is 0 Å². The molecule has 1 aromatic carbocycles. The summed E-state index contributed by atoms with van der Waals surface area (Å²) < 4.78 is 1.78. The van der Waals surface area contributed by atoms with Crippen molar-refractivity contribution in [3.05, 3.63) is 82.4 Å². The Hall–Kier alpha value is -2.95. The summed E-state index contributed by atoms with van der Waals surface area (Å²) in [5, 5.41) is 7.34. The molecule has 26 heavy (non-hydrogen) atoms. The first-order chi connectivity index (χ1) is 12.7. The lowest BCUT2D eigenvalue weighted by Crippen LogP contribution is -2.24. The van der Waals surface area contributed by atoms with Crippen molar-refractivity contribution in [3.8, 4) is 0 Å². The molecule has 0 radical (unpaired) electrons. The molecule has 0 atom stereocenters. The second kappa shape index (κ2) is 7.12. The zero-order chi connectivity index (χ0) is 17.9. The van der Waals surface area contributed by atoms with Gasteiger partial charge in [0.15, 0.2) is 0 Å². The maximum absolute atomic E-state index is 12.8. The maximum atomic E-state index is 12.8. The van der Waals surface area contributed by atoms with Crippen LogP contribution in [0, 0.1) is 0 Å². The zero-order valence-electron chi connectivity index (χ0n) is 14.9. The Morgan fingerprint density at radius 3 is 2.85 bits per heavy atom. The lowest BCUT2D eigenvalue weighted by molar-refractivity contribution is 0.0950. The van der Waals surface area contributed by atoms with Crippen molar-refractivity contribution in [1.29, 1.82) is 0 Å². The highest BCUT2D eigenvalue weighted by molar-refractivity contribution is 5.95. The molecule has 0 aliphatic heterocycles. The van der Waals surface area contributed by atoms with Crippen molar-refractivity contribution < 1.29 is 4.79 Å². The van der Waals surface area contributed by atoms with E-state index in [4.69, 9.17) is 0 Å². The van der Waals surface area contributed by atoms with Gasteiger partial charge in [0.1, 0.15) is 0 Å². The Balaban J connectivity index is 1.50. The number of nitrogens with one attached hydrogen (secondary N) is 1. The number of rotatable bonds is 5. The highest BCUT2D eigenvalue weighted by Crippen LogP contribution is 2.24. The molecule has 0 saturated heterocycles. The first-order valence-electron chi connectivity index (χ1n) is 9.00. The van der Waals surface area contributed by atoms with Crippen molar-refractivity contribution in [1.82, 2.24) is 20.1 Å². The van der Waals surface area contributed by atoms with Gasteiger partial charge in [0.05, 0.1) is 17.5 Å². The van der Waals surface area contributed by atoms with Crippen molar-refractivity contribution in [3.63, 3.8) is 0 Å². The molecular weight excluding hydrogens is 324 g/mol. The molecule has 1 amide bonds. The SMILES string of the molecule is Cn1ncc(C(=O)NCc2cncc3c2CCC3)c1Cc1ccccc1. The van der Waals surface area contributed by atoms with Gasteiger partial charge in [-0.2, -0.15) is 5.10 Å². The maximum Gasteiger partial charge on any atom is 0.255 e. The van der Waals surface area contributed by atoms with Gasteiger partial charge in [0, 0.05) is 32.4 Å². The van der Waals surface area contributed by atoms with E-state index in [0.29, 0.717) is 18.5 Å². The minimum absolute atomic E-state index is 0.0837. The second-order valence-corrected chi connectivity index (χ2v) is 6.76. The quantitative estimate of drug-likeness (QED) is 0.773. The molecular formula is C21H22N4O. The van der Waals surface area contributed by atoms with E-state index in [2.05, 4.69) is 27.5 Å². The molecule has 1 aliphatic carbocycles. The number of benzene rings is 1. The summed E-state index contributed by atoms with van der Waals surface area (Å²) in [5.41, 5.74) is 6.53. The first-order valence-corrected chi connectivity index (χ1v) is 9.00. The van der Waals surface area contributed by atoms with Crippen LogP contribution in [-0.2, 0) is 32.9 Å². The van der Waals surface area contributed by atoms with Crippen LogP contribution in [0.25, 0.3) is 0 Å². The Bertz CT molecular complexity index is 930. The first kappa shape index (κ1) is 16.5. The number of nitrogens with zero attached hydrogens (tertiary/aromatic N) is 3. The summed E-state index contributed by atoms with van der Waals surface area (Å²) in [4.78, 5) is 17.1. The fraction of sp³-hybridized carbons (Fsp3) is 0.286. The summed E-state index contributed by atoms with van der Waals surface area (Å²) in [6.07, 6.45) is 9.50. The zero-order valence-corrected chi connectivity index (χ0v) is 14.9. The standard InChI is InChI=1S/C21H22N4O/c1-25-20(10-15-6-3-2-4-7-15)19(14-24-25)21(26)23-13-17-12-22-11-16-8-5-9-18(16)17/h2-4,6-7,11-12,14H,5,8-10,13H2,1H3,(H,23,26). The minimum Gasteiger partial charge on any atom is -0.348 e. The Morgan fingerprint density at radius 1 is 1.15 bits per heavy atom. The number of carbonyl (C=O) groups excluding carboxylic acids is 1. The van der Waals surface area contributed by atoms with Crippen molar-refractivity contribution in [2.45, 2.75) is 32.2 Å². The van der Waals surface area contributed by atoms with E-state index in [1.807, 2.05) is 37.6 Å². The summed E-state index contributed by atoms with van der Waals surface area (Å²) in [7, 11) is 1.88. The van der Waals surface area contributed by atoms with Gasteiger partial charge < -0.3 is 5.32 Å². The van der Waals surface area contributed by atoms with Crippen molar-refractivity contribution >= 4 is 5.91 Å². The van der Waals surface area contributed by atoms with Gasteiger partial charge >= 0.3 is 0 Å². The lowest BCUT2D eigenvalue weighted by atomic mass is 10.1. The fourth-order valence-electron chi connectivity index (χ4n) is 3.65. The predicted molar refractivity (Wildman–Crippen MR) is 99.9 cm³/mol. The second-order valence-electron chi connectivity index (χ2n) is 6.76. The molecule has 2 heterocycles. The molecule has 3 aromatic rings. The van der Waals surface area contributed by atoms with E-state index in [9.17, 15) is 4.79 Å². The number of hydrogen-bond acceptors (Lipinski definition) is 3. The molecule has 1 N–H and O–H groups in total. The largest absolute Gasteiger partial charge is 0.348 e. The van der Waals surface area contributed by atoms with Crippen molar-refractivity contribution in [2.75, 3.05) is 0 Å². The third kappa shape index (κ3) is 3.25. The molecule has 5 heteroatoms. The molecule has 132 valence electrons. The molecule has 0 bridgehead atoms. The molecule has 1 aliphatic rings. The van der Waals surface area contributed by atoms with Gasteiger partial charge in [-0.1, -0.05) is 30.3 Å². The van der Waals surface area contributed by atoms with Crippen LogP contribution in [0.5, 0.6) is 0 Å². The van der Waals surface area contributed by atoms with Crippen molar-refractivity contribution in [2.24, 2.45) is 7.05 Å². The van der Waals surface area contributed by atoms with Crippen LogP contribution < -0.4 is 5.32 Å². The van der Waals surface area contributed by atoms with Gasteiger partial charge in [0.25, 0.3) is 5.91 Å². The average Bonchev–Trinajstić information content (AvgIpc) is 3.28. The summed E-state index contributed by atoms with van der Waals surface area (Å²) in [6.45, 7) is 0.509. The Morgan fingerprint density at radius 2 is 2.00 bits per heavy atom. The van der Waals surface area contributed by atoms with Gasteiger partial charge in [-0.25, -0.2) is 0 Å². The van der Waals surface area contributed by atoms with E-state index in [-0.39, 0.29) is 5.91 Å². The lowest BCUT2D eigenvalue weighted by Gasteiger charge is -2.10. The summed E-state index contributed by atoms with van der Waals surface area (Å²) >= 11 is 0. The number of aryl methyl sites for hydroxylation is 2. The number of hydrogen-bond donors (Lipinski definition) is 1. The van der Waals surface area contributed by atoms with Crippen LogP contribution >= 0.6 is 0 Å². The number of fused-ring (bicyclic) bond motifs is 1. The number of aromatic nitrogens is 3. The van der Waals surface area contributed by atoms with Gasteiger partial charge in [-0.15, -0.1) is 0 Å². The highest BCUT2D eigenvalue weighted by Gasteiger charge is 2.18. The highest BCUT2D eigenvalue weighted by atomic mass is 16.1. The predicted octanol–water partition coefficient (Wildman–Crippen LogP) is 2.82. The van der Waals surface area contributed by atoms with Crippen LogP contribution in [0.2, 0.25) is 0 Å². The van der Waals surface area contributed by atoms with E-state index in [1.54, 1.807) is 10.9 Å². The average molecular weight is 346 g/mol.